The van der Waals surface area contributed by atoms with Gasteiger partial charge in [-0.05, 0) is 31.0 Å². The van der Waals surface area contributed by atoms with Crippen LogP contribution in [0.4, 0.5) is 5.82 Å². The second kappa shape index (κ2) is 11.5. The number of nitrogens with zero attached hydrogens (tertiary/aromatic N) is 5. The normalized spacial score (nSPS) is 14.4. The van der Waals surface area contributed by atoms with Crippen molar-refractivity contribution in [3.63, 3.8) is 0 Å². The van der Waals surface area contributed by atoms with Crippen LogP contribution >= 0.6 is 11.8 Å². The number of benzene rings is 1. The van der Waals surface area contributed by atoms with E-state index in [-0.39, 0.29) is 5.91 Å². The Bertz CT molecular complexity index is 1080. The lowest BCUT2D eigenvalue weighted by Gasteiger charge is -2.35. The van der Waals surface area contributed by atoms with Crippen LogP contribution in [-0.2, 0) is 18.7 Å². The number of carbonyl (C=O) groups excluding carboxylic acids is 1. The molecule has 3 heterocycles. The second-order valence-corrected chi connectivity index (χ2v) is 9.42. The summed E-state index contributed by atoms with van der Waals surface area (Å²) in [6, 6.07) is 16.4. The molecule has 1 fully saturated rings. The Kier molecular flexibility index (Phi) is 8.24. The van der Waals surface area contributed by atoms with Gasteiger partial charge in [0.1, 0.15) is 11.6 Å². The lowest BCUT2D eigenvalue weighted by molar-refractivity contribution is 0.0769. The maximum Gasteiger partial charge on any atom is 0.289 e. The molecule has 1 aromatic carbocycles. The van der Waals surface area contributed by atoms with E-state index in [9.17, 15) is 4.79 Å². The summed E-state index contributed by atoms with van der Waals surface area (Å²) in [7, 11) is 1.77. The standard InChI is InChI=1S/C26H33N5O2S/c1-4-21-17-24(31-15-13-30(14-16-31)18-20-9-7-6-8-10-20)28-26(27-21)34-19-22-11-12-23(33-22)25(32)29(3)5-2/h6-12,17H,4-5,13-16,18-19H2,1-3H3. The van der Waals surface area contributed by atoms with Crippen molar-refractivity contribution in [3.05, 3.63) is 71.3 Å². The summed E-state index contributed by atoms with van der Waals surface area (Å²) in [4.78, 5) is 28.3. The Balaban J connectivity index is 1.37. The van der Waals surface area contributed by atoms with Crippen molar-refractivity contribution in [2.45, 2.75) is 37.7 Å². The van der Waals surface area contributed by atoms with E-state index in [1.807, 2.05) is 13.0 Å². The molecule has 0 aliphatic carbocycles. The molecule has 1 aliphatic rings. The third-order valence-electron chi connectivity index (χ3n) is 6.09. The molecule has 3 aromatic rings. The first-order valence-corrected chi connectivity index (χ1v) is 12.9. The number of rotatable bonds is 9. The molecular formula is C26H33N5O2S. The second-order valence-electron chi connectivity index (χ2n) is 8.48. The molecule has 7 nitrogen and oxygen atoms in total. The van der Waals surface area contributed by atoms with Gasteiger partial charge in [-0.2, -0.15) is 0 Å². The van der Waals surface area contributed by atoms with Gasteiger partial charge >= 0.3 is 0 Å². The van der Waals surface area contributed by atoms with Gasteiger partial charge in [-0.25, -0.2) is 9.97 Å². The molecule has 0 unspecified atom stereocenters. The molecule has 1 saturated heterocycles. The molecule has 2 aromatic heterocycles. The Morgan fingerprint density at radius 3 is 2.53 bits per heavy atom. The van der Waals surface area contributed by atoms with Crippen LogP contribution in [0.25, 0.3) is 0 Å². The third kappa shape index (κ3) is 6.18. The predicted octanol–water partition coefficient (Wildman–Crippen LogP) is 4.34. The zero-order valence-corrected chi connectivity index (χ0v) is 21.1. The summed E-state index contributed by atoms with van der Waals surface area (Å²) in [6.45, 7) is 9.61. The third-order valence-corrected chi connectivity index (χ3v) is 6.96. The van der Waals surface area contributed by atoms with E-state index in [0.717, 1.165) is 61.6 Å². The maximum absolute atomic E-state index is 12.3. The van der Waals surface area contributed by atoms with Crippen LogP contribution in [0.3, 0.4) is 0 Å². The summed E-state index contributed by atoms with van der Waals surface area (Å²) in [5.74, 6) is 2.60. The van der Waals surface area contributed by atoms with Gasteiger partial charge in [0.25, 0.3) is 5.91 Å². The van der Waals surface area contributed by atoms with Crippen molar-refractivity contribution in [1.29, 1.82) is 0 Å². The van der Waals surface area contributed by atoms with Crippen molar-refractivity contribution >= 4 is 23.5 Å². The van der Waals surface area contributed by atoms with Crippen LogP contribution in [-0.4, -0.2) is 65.4 Å². The molecule has 180 valence electrons. The van der Waals surface area contributed by atoms with Crippen LogP contribution in [0.5, 0.6) is 0 Å². The van der Waals surface area contributed by atoms with Crippen molar-refractivity contribution in [1.82, 2.24) is 19.8 Å². The fraction of sp³-hybridized carbons (Fsp3) is 0.423. The highest BCUT2D eigenvalue weighted by atomic mass is 32.2. The van der Waals surface area contributed by atoms with E-state index in [4.69, 9.17) is 14.4 Å². The number of hydrogen-bond acceptors (Lipinski definition) is 7. The highest BCUT2D eigenvalue weighted by molar-refractivity contribution is 7.98. The highest BCUT2D eigenvalue weighted by Gasteiger charge is 2.20. The molecule has 0 spiro atoms. The molecule has 0 saturated carbocycles. The van der Waals surface area contributed by atoms with E-state index >= 15 is 0 Å². The largest absolute Gasteiger partial charge is 0.455 e. The predicted molar refractivity (Wildman–Crippen MR) is 136 cm³/mol. The van der Waals surface area contributed by atoms with E-state index < -0.39 is 0 Å². The molecule has 1 amide bonds. The van der Waals surface area contributed by atoms with Gasteiger partial charge in [-0.3, -0.25) is 9.69 Å². The molecule has 8 heteroatoms. The lowest BCUT2D eigenvalue weighted by Crippen LogP contribution is -2.46. The quantitative estimate of drug-likeness (QED) is 0.334. The fourth-order valence-corrected chi connectivity index (χ4v) is 4.65. The minimum absolute atomic E-state index is 0.100. The molecule has 34 heavy (non-hydrogen) atoms. The summed E-state index contributed by atoms with van der Waals surface area (Å²) < 4.78 is 5.77. The van der Waals surface area contributed by atoms with Gasteiger partial charge in [-0.1, -0.05) is 49.0 Å². The Morgan fingerprint density at radius 2 is 1.82 bits per heavy atom. The fourth-order valence-electron chi connectivity index (χ4n) is 3.88. The van der Waals surface area contributed by atoms with E-state index in [2.05, 4.69) is 53.1 Å². The number of aryl methyl sites for hydroxylation is 1. The van der Waals surface area contributed by atoms with Crippen molar-refractivity contribution in [2.24, 2.45) is 0 Å². The molecule has 0 atom stereocenters. The number of amides is 1. The van der Waals surface area contributed by atoms with E-state index in [1.54, 1.807) is 29.8 Å². The topological polar surface area (TPSA) is 65.7 Å². The molecule has 0 radical (unpaired) electrons. The van der Waals surface area contributed by atoms with Crippen LogP contribution in [0.2, 0.25) is 0 Å². The van der Waals surface area contributed by atoms with Crippen LogP contribution in [0.15, 0.2) is 58.1 Å². The van der Waals surface area contributed by atoms with Gasteiger partial charge < -0.3 is 14.2 Å². The first kappa shape index (κ1) is 24.3. The first-order chi connectivity index (χ1) is 16.6. The van der Waals surface area contributed by atoms with Gasteiger partial charge in [0, 0.05) is 58.1 Å². The van der Waals surface area contributed by atoms with Gasteiger partial charge in [0.15, 0.2) is 10.9 Å². The van der Waals surface area contributed by atoms with Crippen LogP contribution in [0, 0.1) is 0 Å². The average molecular weight is 480 g/mol. The number of aromatic nitrogens is 2. The Hall–Kier alpha value is -2.84. The van der Waals surface area contributed by atoms with Crippen LogP contribution in [0.1, 0.15) is 41.4 Å². The number of piperazine rings is 1. The van der Waals surface area contributed by atoms with Gasteiger partial charge in [-0.15, -0.1) is 0 Å². The lowest BCUT2D eigenvalue weighted by atomic mass is 10.2. The SMILES string of the molecule is CCc1cc(N2CCN(Cc3ccccc3)CC2)nc(SCc2ccc(C(=O)N(C)CC)o2)n1. The molecule has 4 rings (SSSR count). The Labute approximate surface area is 206 Å². The number of carbonyl (C=O) groups is 1. The van der Waals surface area contributed by atoms with Crippen molar-refractivity contribution < 1.29 is 9.21 Å². The van der Waals surface area contributed by atoms with Crippen molar-refractivity contribution in [2.75, 3.05) is 44.7 Å². The average Bonchev–Trinajstić information content (AvgIpc) is 3.36. The molecular weight excluding hydrogens is 446 g/mol. The Morgan fingerprint density at radius 1 is 1.06 bits per heavy atom. The maximum atomic E-state index is 12.3. The van der Waals surface area contributed by atoms with E-state index in [1.165, 1.54) is 5.56 Å². The molecule has 1 aliphatic heterocycles. The minimum Gasteiger partial charge on any atom is -0.455 e. The summed E-state index contributed by atoms with van der Waals surface area (Å²) in [5.41, 5.74) is 2.40. The monoisotopic (exact) mass is 479 g/mol. The smallest absolute Gasteiger partial charge is 0.289 e. The molecule has 0 N–H and O–H groups in total. The zero-order valence-electron chi connectivity index (χ0n) is 20.2. The van der Waals surface area contributed by atoms with Crippen molar-refractivity contribution in [3.8, 4) is 0 Å². The highest BCUT2D eigenvalue weighted by Crippen LogP contribution is 2.25. The number of hydrogen-bond donors (Lipinski definition) is 0. The summed E-state index contributed by atoms with van der Waals surface area (Å²) in [6.07, 6.45) is 0.861. The number of thioether (sulfide) groups is 1. The van der Waals surface area contributed by atoms with Gasteiger partial charge in [0.2, 0.25) is 0 Å². The number of anilines is 1. The van der Waals surface area contributed by atoms with E-state index in [0.29, 0.717) is 18.1 Å². The van der Waals surface area contributed by atoms with Gasteiger partial charge in [0.05, 0.1) is 5.75 Å². The minimum atomic E-state index is -0.100. The zero-order chi connectivity index (χ0) is 23.9. The summed E-state index contributed by atoms with van der Waals surface area (Å²) in [5, 5.41) is 0.746. The summed E-state index contributed by atoms with van der Waals surface area (Å²) >= 11 is 1.54. The van der Waals surface area contributed by atoms with Crippen LogP contribution < -0.4 is 4.90 Å². The molecule has 0 bridgehead atoms. The first-order valence-electron chi connectivity index (χ1n) is 11.9. The number of furan rings is 1.